The average Bonchev–Trinajstić information content (AvgIpc) is 2.29. The average molecular weight is 229 g/mol. The van der Waals surface area contributed by atoms with Gasteiger partial charge in [0.15, 0.2) is 5.82 Å². The third-order valence-electron chi connectivity index (χ3n) is 2.63. The first-order valence-electron chi connectivity index (χ1n) is 5.09. The molecule has 2 rings (SSSR count). The van der Waals surface area contributed by atoms with Gasteiger partial charge in [-0.2, -0.15) is 4.98 Å². The van der Waals surface area contributed by atoms with Crippen LogP contribution in [0.25, 0.3) is 0 Å². The standard InChI is InChI=1S/C10H13F2N3O/c1-16-9-7-13-6-8(14-9)15-4-2-10(11,12)3-5-15/h6-7H,2-5H2,1H3. The highest BCUT2D eigenvalue weighted by Gasteiger charge is 2.34. The lowest BCUT2D eigenvalue weighted by Crippen LogP contribution is -2.39. The van der Waals surface area contributed by atoms with Gasteiger partial charge in [-0.25, -0.2) is 8.78 Å². The van der Waals surface area contributed by atoms with Crippen molar-refractivity contribution in [1.29, 1.82) is 0 Å². The number of aromatic nitrogens is 2. The normalized spacial score (nSPS) is 19.6. The molecule has 1 aromatic rings. The maximum Gasteiger partial charge on any atom is 0.251 e. The smallest absolute Gasteiger partial charge is 0.251 e. The van der Waals surface area contributed by atoms with E-state index in [0.29, 0.717) is 24.8 Å². The zero-order valence-electron chi connectivity index (χ0n) is 8.99. The number of hydrogen-bond acceptors (Lipinski definition) is 4. The molecule has 1 aliphatic rings. The number of ether oxygens (including phenoxy) is 1. The van der Waals surface area contributed by atoms with Gasteiger partial charge in [-0.1, -0.05) is 0 Å². The van der Waals surface area contributed by atoms with E-state index in [0.717, 1.165) is 0 Å². The molecule has 4 nitrogen and oxygen atoms in total. The molecule has 0 atom stereocenters. The number of alkyl halides is 2. The van der Waals surface area contributed by atoms with Gasteiger partial charge >= 0.3 is 0 Å². The van der Waals surface area contributed by atoms with E-state index in [2.05, 4.69) is 9.97 Å². The predicted octanol–water partition coefficient (Wildman–Crippen LogP) is 1.72. The van der Waals surface area contributed by atoms with E-state index >= 15 is 0 Å². The first-order valence-corrected chi connectivity index (χ1v) is 5.09. The maximum absolute atomic E-state index is 13.0. The number of anilines is 1. The van der Waals surface area contributed by atoms with Crippen LogP contribution < -0.4 is 9.64 Å². The molecule has 16 heavy (non-hydrogen) atoms. The van der Waals surface area contributed by atoms with Crippen LogP contribution in [0.4, 0.5) is 14.6 Å². The van der Waals surface area contributed by atoms with Crippen LogP contribution in [-0.2, 0) is 0 Å². The Morgan fingerprint density at radius 2 is 2.00 bits per heavy atom. The lowest BCUT2D eigenvalue weighted by atomic mass is 10.1. The predicted molar refractivity (Wildman–Crippen MR) is 55.0 cm³/mol. The van der Waals surface area contributed by atoms with Crippen molar-refractivity contribution in [3.63, 3.8) is 0 Å². The van der Waals surface area contributed by atoms with Gasteiger partial charge in [0.2, 0.25) is 5.88 Å². The summed E-state index contributed by atoms with van der Waals surface area (Å²) < 4.78 is 30.8. The third-order valence-corrected chi connectivity index (χ3v) is 2.63. The lowest BCUT2D eigenvalue weighted by molar-refractivity contribution is -0.0221. The monoisotopic (exact) mass is 229 g/mol. The Kier molecular flexibility index (Phi) is 2.89. The fourth-order valence-electron chi connectivity index (χ4n) is 1.65. The van der Waals surface area contributed by atoms with E-state index in [1.54, 1.807) is 11.1 Å². The molecule has 0 N–H and O–H groups in total. The minimum atomic E-state index is -2.54. The fraction of sp³-hybridized carbons (Fsp3) is 0.600. The molecule has 1 saturated heterocycles. The van der Waals surface area contributed by atoms with Gasteiger partial charge in [-0.05, 0) is 0 Å². The summed E-state index contributed by atoms with van der Waals surface area (Å²) in [6.07, 6.45) is 2.78. The second-order valence-electron chi connectivity index (χ2n) is 3.76. The molecule has 0 unspecified atom stereocenters. The molecule has 0 radical (unpaired) electrons. The molecule has 1 aromatic heterocycles. The van der Waals surface area contributed by atoms with Crippen molar-refractivity contribution in [1.82, 2.24) is 9.97 Å². The topological polar surface area (TPSA) is 38.2 Å². The summed E-state index contributed by atoms with van der Waals surface area (Å²) in [5.74, 6) is -1.55. The highest BCUT2D eigenvalue weighted by Crippen LogP contribution is 2.29. The molecule has 0 amide bonds. The van der Waals surface area contributed by atoms with Crippen molar-refractivity contribution in [2.24, 2.45) is 0 Å². The summed E-state index contributed by atoms with van der Waals surface area (Å²) in [6.45, 7) is 0.601. The van der Waals surface area contributed by atoms with Gasteiger partial charge in [-0.3, -0.25) is 4.98 Å². The highest BCUT2D eigenvalue weighted by molar-refractivity contribution is 5.38. The number of rotatable bonds is 2. The van der Waals surface area contributed by atoms with Crippen molar-refractivity contribution in [3.8, 4) is 5.88 Å². The minimum absolute atomic E-state index is 0.133. The Balaban J connectivity index is 2.08. The van der Waals surface area contributed by atoms with E-state index in [-0.39, 0.29) is 12.8 Å². The van der Waals surface area contributed by atoms with Crippen LogP contribution >= 0.6 is 0 Å². The molecular weight excluding hydrogens is 216 g/mol. The Labute approximate surface area is 92.3 Å². The second-order valence-corrected chi connectivity index (χ2v) is 3.76. The van der Waals surface area contributed by atoms with Crippen LogP contribution in [0, 0.1) is 0 Å². The first kappa shape index (κ1) is 11.0. The summed E-state index contributed by atoms with van der Waals surface area (Å²) in [5.41, 5.74) is 0. The quantitative estimate of drug-likeness (QED) is 0.774. The summed E-state index contributed by atoms with van der Waals surface area (Å²) in [7, 11) is 1.50. The molecule has 0 spiro atoms. The summed E-state index contributed by atoms with van der Waals surface area (Å²) >= 11 is 0. The van der Waals surface area contributed by atoms with Crippen molar-refractivity contribution >= 4 is 5.82 Å². The Hall–Kier alpha value is -1.46. The molecule has 0 saturated carbocycles. The largest absolute Gasteiger partial charge is 0.480 e. The van der Waals surface area contributed by atoms with Gasteiger partial charge in [0.05, 0.1) is 19.5 Å². The van der Waals surface area contributed by atoms with Crippen LogP contribution in [0.3, 0.4) is 0 Å². The molecule has 0 aromatic carbocycles. The lowest BCUT2D eigenvalue weighted by Gasteiger charge is -2.32. The summed E-state index contributed by atoms with van der Waals surface area (Å²) in [4.78, 5) is 9.91. The Morgan fingerprint density at radius 3 is 2.62 bits per heavy atom. The third kappa shape index (κ3) is 2.37. The Bertz CT molecular complexity index is 363. The van der Waals surface area contributed by atoms with Crippen molar-refractivity contribution in [2.45, 2.75) is 18.8 Å². The van der Waals surface area contributed by atoms with Crippen LogP contribution in [0.5, 0.6) is 5.88 Å². The van der Waals surface area contributed by atoms with Gasteiger partial charge < -0.3 is 9.64 Å². The van der Waals surface area contributed by atoms with Crippen LogP contribution in [0.1, 0.15) is 12.8 Å². The Morgan fingerprint density at radius 1 is 1.31 bits per heavy atom. The fourth-order valence-corrected chi connectivity index (χ4v) is 1.65. The van der Waals surface area contributed by atoms with Gasteiger partial charge in [-0.15, -0.1) is 0 Å². The van der Waals surface area contributed by atoms with E-state index in [9.17, 15) is 8.78 Å². The van der Waals surface area contributed by atoms with E-state index in [1.165, 1.54) is 13.3 Å². The van der Waals surface area contributed by atoms with Gasteiger partial charge in [0.1, 0.15) is 0 Å². The molecule has 6 heteroatoms. The maximum atomic E-state index is 13.0. The molecule has 0 aliphatic carbocycles. The van der Waals surface area contributed by atoms with Crippen LogP contribution in [0.2, 0.25) is 0 Å². The van der Waals surface area contributed by atoms with Crippen molar-refractivity contribution in [3.05, 3.63) is 12.4 Å². The SMILES string of the molecule is COc1cncc(N2CCC(F)(F)CC2)n1. The second kappa shape index (κ2) is 4.19. The van der Waals surface area contributed by atoms with Crippen molar-refractivity contribution in [2.75, 3.05) is 25.1 Å². The number of halogens is 2. The number of nitrogens with zero attached hydrogens (tertiary/aromatic N) is 3. The minimum Gasteiger partial charge on any atom is -0.480 e. The molecular formula is C10H13F2N3O. The van der Waals surface area contributed by atoms with Crippen molar-refractivity contribution < 1.29 is 13.5 Å². The number of hydrogen-bond donors (Lipinski definition) is 0. The van der Waals surface area contributed by atoms with E-state index in [4.69, 9.17) is 4.74 Å². The van der Waals surface area contributed by atoms with Crippen LogP contribution in [0.15, 0.2) is 12.4 Å². The van der Waals surface area contributed by atoms with E-state index in [1.807, 2.05) is 0 Å². The van der Waals surface area contributed by atoms with E-state index < -0.39 is 5.92 Å². The number of methoxy groups -OCH3 is 1. The van der Waals surface area contributed by atoms with Crippen LogP contribution in [-0.4, -0.2) is 36.1 Å². The summed E-state index contributed by atoms with van der Waals surface area (Å²) in [5, 5.41) is 0. The summed E-state index contributed by atoms with van der Waals surface area (Å²) in [6, 6.07) is 0. The van der Waals surface area contributed by atoms with Gasteiger partial charge in [0, 0.05) is 25.9 Å². The molecule has 1 aliphatic heterocycles. The number of piperidine rings is 1. The molecule has 88 valence electrons. The molecule has 2 heterocycles. The zero-order valence-corrected chi connectivity index (χ0v) is 8.99. The zero-order chi connectivity index (χ0) is 11.6. The highest BCUT2D eigenvalue weighted by atomic mass is 19.3. The first-order chi connectivity index (χ1) is 7.61. The molecule has 0 bridgehead atoms. The van der Waals surface area contributed by atoms with Gasteiger partial charge in [0.25, 0.3) is 5.92 Å². The molecule has 1 fully saturated rings.